The number of halogens is 4. The summed E-state index contributed by atoms with van der Waals surface area (Å²) in [6, 6.07) is 11.6. The first-order valence-electron chi connectivity index (χ1n) is 13.1. The molecule has 0 radical (unpaired) electrons. The van der Waals surface area contributed by atoms with Crippen LogP contribution in [0.3, 0.4) is 0 Å². The van der Waals surface area contributed by atoms with E-state index in [0.717, 1.165) is 0 Å². The number of piperidine rings is 1. The van der Waals surface area contributed by atoms with Crippen LogP contribution in [0.5, 0.6) is 11.5 Å². The van der Waals surface area contributed by atoms with Crippen molar-refractivity contribution in [2.24, 2.45) is 0 Å². The minimum atomic E-state index is -4.69. The van der Waals surface area contributed by atoms with Crippen LogP contribution in [-0.2, 0) is 4.57 Å². The van der Waals surface area contributed by atoms with Gasteiger partial charge in [0.25, 0.3) is 0 Å². The van der Waals surface area contributed by atoms with Crippen LogP contribution in [0.1, 0.15) is 17.8 Å². The molecule has 41 heavy (non-hydrogen) atoms. The zero-order valence-electron chi connectivity index (χ0n) is 23.5. The summed E-state index contributed by atoms with van der Waals surface area (Å²) >= 11 is 0. The average molecular weight is 592 g/mol. The highest BCUT2D eigenvalue weighted by Crippen LogP contribution is 2.39. The third-order valence-electron chi connectivity index (χ3n) is 6.95. The van der Waals surface area contributed by atoms with Crippen LogP contribution >= 0.6 is 7.14 Å². The van der Waals surface area contributed by atoms with Crippen molar-refractivity contribution >= 4 is 40.6 Å². The number of benzene rings is 2. The molecule has 1 fully saturated rings. The summed E-state index contributed by atoms with van der Waals surface area (Å²) in [6.07, 6.45) is -2.87. The Balaban J connectivity index is 1.64. The van der Waals surface area contributed by atoms with Gasteiger partial charge in [0.2, 0.25) is 0 Å². The van der Waals surface area contributed by atoms with E-state index >= 15 is 0 Å². The smallest absolute Gasteiger partial charge is 0.417 e. The van der Waals surface area contributed by atoms with Crippen LogP contribution in [0.15, 0.2) is 55.1 Å². The number of hydrogen-bond donors (Lipinski definition) is 1. The Morgan fingerprint density at radius 3 is 2.61 bits per heavy atom. The number of nitrogens with one attached hydrogen (secondary N) is 1. The lowest BCUT2D eigenvalue weighted by Gasteiger charge is -2.32. The van der Waals surface area contributed by atoms with Crippen molar-refractivity contribution < 1.29 is 31.6 Å². The lowest BCUT2D eigenvalue weighted by molar-refractivity contribution is -0.0688. The number of allylic oxidation sites excluding steroid dienone is 1. The molecule has 2 aromatic carbocycles. The van der Waals surface area contributed by atoms with Gasteiger partial charge in [0.15, 0.2) is 0 Å². The van der Waals surface area contributed by atoms with Gasteiger partial charge >= 0.3 is 6.18 Å². The number of nitrogens with zero attached hydrogens (tertiary/aromatic N) is 2. The second kappa shape index (κ2) is 12.2. The third-order valence-corrected chi connectivity index (χ3v) is 8.47. The highest BCUT2D eigenvalue weighted by Gasteiger charge is 2.35. The second-order valence-electron chi connectivity index (χ2n) is 10.5. The molecule has 1 saturated heterocycles. The maximum Gasteiger partial charge on any atom is 0.417 e. The maximum atomic E-state index is 14.7. The number of pyridine rings is 1. The Hall–Kier alpha value is -3.36. The zero-order valence-corrected chi connectivity index (χ0v) is 24.4. The molecule has 0 amide bonds. The van der Waals surface area contributed by atoms with Crippen molar-refractivity contribution in [2.75, 3.05) is 52.4 Å². The molecule has 0 spiro atoms. The minimum absolute atomic E-state index is 0.220. The fraction of sp³-hybridized carbons (Fsp3) is 0.367. The first-order valence-corrected chi connectivity index (χ1v) is 15.7. The summed E-state index contributed by atoms with van der Waals surface area (Å²) < 4.78 is 79.8. The molecule has 1 aromatic heterocycles. The normalized spacial score (nSPS) is 18.5. The highest BCUT2D eigenvalue weighted by molar-refractivity contribution is 7.70. The van der Waals surface area contributed by atoms with Crippen LogP contribution in [0.2, 0.25) is 0 Å². The van der Waals surface area contributed by atoms with Gasteiger partial charge in [-0.1, -0.05) is 24.8 Å². The van der Waals surface area contributed by atoms with Gasteiger partial charge in [0, 0.05) is 35.7 Å². The standard InChI is InChI=1S/C30H34F4N3O3P/c1-19(30(32,33)34)29-22-9-6-10-26(40-27-13-15-37(2)18-24(27)31)23(22)16-20(36-29)8-7-14-35-25-12-11-21(41(4,5)38)17-28(25)39-3/h6-12,16-17,24,27,35H,1,13-15,18H2,2-5H3/b8-7+/t24?,27-/m1/s1. The highest BCUT2D eigenvalue weighted by atomic mass is 31.2. The maximum absolute atomic E-state index is 14.7. The summed E-state index contributed by atoms with van der Waals surface area (Å²) in [5.74, 6) is 0.814. The first-order chi connectivity index (χ1) is 19.3. The molecule has 1 aliphatic heterocycles. The van der Waals surface area contributed by atoms with Crippen LogP contribution in [-0.4, -0.2) is 75.5 Å². The summed E-state index contributed by atoms with van der Waals surface area (Å²) in [6.45, 7) is 7.80. The molecule has 11 heteroatoms. The molecule has 1 aliphatic rings. The fourth-order valence-corrected chi connectivity index (χ4v) is 5.52. The molecule has 1 N–H and O–H groups in total. The number of aromatic nitrogens is 1. The predicted octanol–water partition coefficient (Wildman–Crippen LogP) is 6.61. The largest absolute Gasteiger partial charge is 0.495 e. The number of ether oxygens (including phenoxy) is 2. The number of methoxy groups -OCH3 is 1. The van der Waals surface area contributed by atoms with Gasteiger partial charge in [-0.2, -0.15) is 13.2 Å². The first kappa shape index (κ1) is 30.6. The van der Waals surface area contributed by atoms with Crippen molar-refractivity contribution in [2.45, 2.75) is 24.9 Å². The Morgan fingerprint density at radius 2 is 1.95 bits per heavy atom. The molecule has 2 heterocycles. The zero-order chi connectivity index (χ0) is 29.9. The SMILES string of the molecule is C=C(c1nc(/C=C/CNc2ccc(P(C)(C)=O)cc2OC)cc2c(O[C@@H]3CCN(C)CC3F)cccc12)C(F)(F)F. The number of fused-ring (bicyclic) bond motifs is 1. The lowest BCUT2D eigenvalue weighted by atomic mass is 10.0. The molecule has 2 atom stereocenters. The number of hydrogen-bond acceptors (Lipinski definition) is 6. The molecular weight excluding hydrogens is 557 g/mol. The Labute approximate surface area is 237 Å². The summed E-state index contributed by atoms with van der Waals surface area (Å²) in [7, 11) is 0.875. The van der Waals surface area contributed by atoms with Gasteiger partial charge in [-0.15, -0.1) is 0 Å². The van der Waals surface area contributed by atoms with Gasteiger partial charge < -0.3 is 24.3 Å². The van der Waals surface area contributed by atoms with Crippen LogP contribution in [0.4, 0.5) is 23.2 Å². The fourth-order valence-electron chi connectivity index (χ4n) is 4.66. The van der Waals surface area contributed by atoms with Crippen molar-refractivity contribution in [1.82, 2.24) is 9.88 Å². The molecule has 0 bridgehead atoms. The summed E-state index contributed by atoms with van der Waals surface area (Å²) in [4.78, 5) is 6.14. The monoisotopic (exact) mass is 591 g/mol. The van der Waals surface area contributed by atoms with E-state index in [4.69, 9.17) is 9.47 Å². The molecule has 0 aliphatic carbocycles. The topological polar surface area (TPSA) is 63.7 Å². The van der Waals surface area contributed by atoms with Gasteiger partial charge in [0.05, 0.1) is 29.8 Å². The number of likely N-dealkylation sites (tertiary alicyclic amines) is 1. The molecular formula is C30H34F4N3O3P. The molecule has 4 rings (SSSR count). The van der Waals surface area contributed by atoms with Crippen LogP contribution in [0, 0.1) is 0 Å². The molecule has 3 aromatic rings. The number of anilines is 1. The van der Waals surface area contributed by atoms with E-state index in [2.05, 4.69) is 16.9 Å². The Kier molecular flexibility index (Phi) is 9.14. The van der Waals surface area contributed by atoms with E-state index in [1.165, 1.54) is 13.2 Å². The van der Waals surface area contributed by atoms with Gasteiger partial charge in [0.1, 0.15) is 30.9 Å². The quantitative estimate of drug-likeness (QED) is 0.223. The van der Waals surface area contributed by atoms with Crippen LogP contribution < -0.4 is 20.1 Å². The third kappa shape index (κ3) is 7.29. The van der Waals surface area contributed by atoms with Crippen molar-refractivity contribution in [3.05, 3.63) is 66.5 Å². The van der Waals surface area contributed by atoms with E-state index in [1.54, 1.807) is 61.9 Å². The Morgan fingerprint density at radius 1 is 1.20 bits per heavy atom. The van der Waals surface area contributed by atoms with E-state index in [0.29, 0.717) is 47.4 Å². The molecule has 0 saturated carbocycles. The Bertz CT molecular complexity index is 1500. The van der Waals surface area contributed by atoms with Gasteiger partial charge in [-0.25, -0.2) is 9.37 Å². The van der Waals surface area contributed by atoms with Gasteiger partial charge in [-0.05, 0) is 63.2 Å². The molecule has 6 nitrogen and oxygen atoms in total. The van der Waals surface area contributed by atoms with E-state index in [1.807, 2.05) is 11.9 Å². The second-order valence-corrected chi connectivity index (χ2v) is 13.7. The number of alkyl halides is 4. The van der Waals surface area contributed by atoms with E-state index in [-0.39, 0.29) is 23.3 Å². The van der Waals surface area contributed by atoms with Crippen molar-refractivity contribution in [3.63, 3.8) is 0 Å². The minimum Gasteiger partial charge on any atom is -0.495 e. The van der Waals surface area contributed by atoms with Crippen molar-refractivity contribution in [1.29, 1.82) is 0 Å². The van der Waals surface area contributed by atoms with Crippen molar-refractivity contribution in [3.8, 4) is 11.5 Å². The lowest BCUT2D eigenvalue weighted by Crippen LogP contribution is -2.45. The van der Waals surface area contributed by atoms with Gasteiger partial charge in [-0.3, -0.25) is 0 Å². The number of rotatable bonds is 9. The van der Waals surface area contributed by atoms with E-state index < -0.39 is 31.2 Å². The van der Waals surface area contributed by atoms with Crippen LogP contribution in [0.25, 0.3) is 22.4 Å². The average Bonchev–Trinajstić information content (AvgIpc) is 2.91. The molecule has 220 valence electrons. The summed E-state index contributed by atoms with van der Waals surface area (Å²) in [5.41, 5.74) is -0.462. The summed E-state index contributed by atoms with van der Waals surface area (Å²) in [5, 5.41) is 4.49. The predicted molar refractivity (Wildman–Crippen MR) is 158 cm³/mol. The van der Waals surface area contributed by atoms with E-state index in [9.17, 15) is 22.1 Å². The molecule has 1 unspecified atom stereocenters.